The van der Waals surface area contributed by atoms with Crippen LogP contribution in [0.3, 0.4) is 0 Å². The van der Waals surface area contributed by atoms with Crippen LogP contribution in [0.4, 0.5) is 5.82 Å². The Bertz CT molecular complexity index is 893. The molecule has 2 fully saturated rings. The monoisotopic (exact) mass is 429 g/mol. The number of morpholine rings is 1. The molecule has 2 aromatic rings. The number of pyridine rings is 1. The second kappa shape index (κ2) is 9.33. The van der Waals surface area contributed by atoms with E-state index in [1.165, 1.54) is 11.1 Å². The highest BCUT2D eigenvalue weighted by Crippen LogP contribution is 2.37. The van der Waals surface area contributed by atoms with Crippen LogP contribution < -0.4 is 5.32 Å². The minimum Gasteiger partial charge on any atom is -0.381 e. The second-order valence-electron chi connectivity index (χ2n) is 8.02. The summed E-state index contributed by atoms with van der Waals surface area (Å²) in [6.45, 7) is 6.67. The van der Waals surface area contributed by atoms with Crippen molar-refractivity contribution in [3.05, 3.63) is 58.2 Å². The van der Waals surface area contributed by atoms with Crippen LogP contribution in [-0.2, 0) is 14.9 Å². The van der Waals surface area contributed by atoms with E-state index in [-0.39, 0.29) is 11.3 Å². The third kappa shape index (κ3) is 4.46. The summed E-state index contributed by atoms with van der Waals surface area (Å²) in [6, 6.07) is 10.2. The lowest BCUT2D eigenvalue weighted by molar-refractivity contribution is 0.0302. The first-order valence-corrected chi connectivity index (χ1v) is 10.9. The minimum absolute atomic E-state index is 0.0309. The first-order chi connectivity index (χ1) is 14.6. The van der Waals surface area contributed by atoms with Crippen molar-refractivity contribution in [2.75, 3.05) is 51.4 Å². The molecule has 2 aliphatic rings. The number of benzene rings is 1. The Morgan fingerprint density at radius 2 is 1.87 bits per heavy atom. The van der Waals surface area contributed by atoms with Gasteiger partial charge in [0.25, 0.3) is 5.91 Å². The van der Waals surface area contributed by atoms with Crippen molar-refractivity contribution in [2.24, 2.45) is 0 Å². The zero-order valence-corrected chi connectivity index (χ0v) is 18.1. The van der Waals surface area contributed by atoms with Gasteiger partial charge in [0.15, 0.2) is 0 Å². The van der Waals surface area contributed by atoms with Crippen molar-refractivity contribution in [3.63, 3.8) is 0 Å². The van der Waals surface area contributed by atoms with E-state index in [9.17, 15) is 4.79 Å². The predicted molar refractivity (Wildman–Crippen MR) is 117 cm³/mol. The van der Waals surface area contributed by atoms with Crippen molar-refractivity contribution in [3.8, 4) is 0 Å². The minimum atomic E-state index is -0.0555. The fourth-order valence-electron chi connectivity index (χ4n) is 4.36. The Morgan fingerprint density at radius 1 is 1.17 bits per heavy atom. The molecular weight excluding hydrogens is 402 g/mol. The lowest BCUT2D eigenvalue weighted by Gasteiger charge is -2.39. The van der Waals surface area contributed by atoms with Gasteiger partial charge in [-0.3, -0.25) is 4.79 Å². The first kappa shape index (κ1) is 21.1. The van der Waals surface area contributed by atoms with Crippen LogP contribution >= 0.6 is 11.6 Å². The molecule has 3 heterocycles. The number of nitrogens with zero attached hydrogens (tertiary/aromatic N) is 2. The molecule has 0 spiro atoms. The van der Waals surface area contributed by atoms with Crippen LogP contribution in [0.25, 0.3) is 0 Å². The van der Waals surface area contributed by atoms with Crippen LogP contribution in [-0.4, -0.2) is 61.9 Å². The summed E-state index contributed by atoms with van der Waals surface area (Å²) in [5.74, 6) is 0.551. The molecule has 1 aromatic heterocycles. The number of hydrogen-bond donors (Lipinski definition) is 1. The van der Waals surface area contributed by atoms with Gasteiger partial charge in [0.1, 0.15) is 5.82 Å². The zero-order chi connectivity index (χ0) is 21.0. The summed E-state index contributed by atoms with van der Waals surface area (Å²) in [5, 5.41) is 3.91. The Morgan fingerprint density at radius 3 is 2.57 bits per heavy atom. The van der Waals surface area contributed by atoms with Crippen LogP contribution in [0.5, 0.6) is 0 Å². The molecule has 0 atom stereocenters. The van der Waals surface area contributed by atoms with E-state index in [1.54, 1.807) is 17.2 Å². The van der Waals surface area contributed by atoms with Gasteiger partial charge in [0.2, 0.25) is 0 Å². The van der Waals surface area contributed by atoms with Gasteiger partial charge < -0.3 is 19.7 Å². The summed E-state index contributed by atoms with van der Waals surface area (Å²) < 4.78 is 11.0. The third-order valence-corrected chi connectivity index (χ3v) is 6.44. The van der Waals surface area contributed by atoms with E-state index in [1.807, 2.05) is 0 Å². The number of aromatic nitrogens is 1. The van der Waals surface area contributed by atoms with Crippen molar-refractivity contribution in [1.29, 1.82) is 0 Å². The Labute approximate surface area is 182 Å². The summed E-state index contributed by atoms with van der Waals surface area (Å²) in [6.07, 6.45) is 3.49. The first-order valence-electron chi connectivity index (χ1n) is 10.5. The van der Waals surface area contributed by atoms with E-state index >= 15 is 0 Å². The highest BCUT2D eigenvalue weighted by atomic mass is 35.5. The molecule has 160 valence electrons. The molecule has 4 rings (SSSR count). The number of amides is 1. The molecule has 1 amide bonds. The van der Waals surface area contributed by atoms with Gasteiger partial charge in [-0.05, 0) is 37.0 Å². The average molecular weight is 430 g/mol. The number of rotatable bonds is 5. The quantitative estimate of drug-likeness (QED) is 0.785. The molecule has 1 aromatic carbocycles. The van der Waals surface area contributed by atoms with Crippen molar-refractivity contribution < 1.29 is 14.3 Å². The standard InChI is InChI=1S/C23H28ClN3O3/c1-17-4-2-3-5-19(17)23(6-10-29-11-7-23)16-26-21-20(24)14-18(15-25-21)22(28)27-8-12-30-13-9-27/h2-5,14-15H,6-13,16H2,1H3,(H,25,26). The van der Waals surface area contributed by atoms with Gasteiger partial charge in [-0.15, -0.1) is 0 Å². The molecule has 0 radical (unpaired) electrons. The number of aryl methyl sites for hydroxylation is 1. The molecule has 0 bridgehead atoms. The van der Waals surface area contributed by atoms with Gasteiger partial charge in [0.05, 0.1) is 23.8 Å². The maximum Gasteiger partial charge on any atom is 0.255 e. The molecule has 2 aliphatic heterocycles. The highest BCUT2D eigenvalue weighted by molar-refractivity contribution is 6.33. The van der Waals surface area contributed by atoms with Gasteiger partial charge >= 0.3 is 0 Å². The SMILES string of the molecule is Cc1ccccc1C1(CNc2ncc(C(=O)N3CCOCC3)cc2Cl)CCOCC1. The molecule has 1 N–H and O–H groups in total. The predicted octanol–water partition coefficient (Wildman–Crippen LogP) is 3.68. The summed E-state index contributed by atoms with van der Waals surface area (Å²) in [7, 11) is 0. The number of halogens is 1. The average Bonchev–Trinajstić information content (AvgIpc) is 2.79. The smallest absolute Gasteiger partial charge is 0.255 e. The van der Waals surface area contributed by atoms with Gasteiger partial charge in [-0.25, -0.2) is 4.98 Å². The van der Waals surface area contributed by atoms with E-state index in [4.69, 9.17) is 21.1 Å². The Balaban J connectivity index is 1.50. The number of carbonyl (C=O) groups excluding carboxylic acids is 1. The third-order valence-electron chi connectivity index (χ3n) is 6.15. The van der Waals surface area contributed by atoms with Gasteiger partial charge in [-0.2, -0.15) is 0 Å². The zero-order valence-electron chi connectivity index (χ0n) is 17.3. The molecule has 0 saturated carbocycles. The molecule has 0 unspecified atom stereocenters. The number of ether oxygens (including phenoxy) is 2. The molecule has 2 saturated heterocycles. The highest BCUT2D eigenvalue weighted by Gasteiger charge is 2.35. The van der Waals surface area contributed by atoms with Gasteiger partial charge in [-0.1, -0.05) is 35.9 Å². The molecular formula is C23H28ClN3O3. The largest absolute Gasteiger partial charge is 0.381 e. The molecule has 7 heteroatoms. The number of carbonyl (C=O) groups is 1. The number of nitrogens with one attached hydrogen (secondary N) is 1. The summed E-state index contributed by atoms with van der Waals surface area (Å²) in [4.78, 5) is 18.9. The van der Waals surface area contributed by atoms with E-state index < -0.39 is 0 Å². The van der Waals surface area contributed by atoms with E-state index in [2.05, 4.69) is 41.5 Å². The van der Waals surface area contributed by atoms with Crippen molar-refractivity contribution >= 4 is 23.3 Å². The Kier molecular flexibility index (Phi) is 6.56. The van der Waals surface area contributed by atoms with Crippen molar-refractivity contribution in [1.82, 2.24) is 9.88 Å². The van der Waals surface area contributed by atoms with Crippen LogP contribution in [0, 0.1) is 6.92 Å². The van der Waals surface area contributed by atoms with Gasteiger partial charge in [0, 0.05) is 44.5 Å². The number of hydrogen-bond acceptors (Lipinski definition) is 5. The molecule has 30 heavy (non-hydrogen) atoms. The van der Waals surface area contributed by atoms with Crippen LogP contribution in [0.15, 0.2) is 36.5 Å². The lowest BCUT2D eigenvalue weighted by Crippen LogP contribution is -2.41. The van der Waals surface area contributed by atoms with Crippen LogP contribution in [0.2, 0.25) is 5.02 Å². The molecule has 0 aliphatic carbocycles. The maximum absolute atomic E-state index is 12.7. The summed E-state index contributed by atoms with van der Waals surface area (Å²) in [5.41, 5.74) is 3.10. The van der Waals surface area contributed by atoms with Crippen LogP contribution in [0.1, 0.15) is 34.3 Å². The van der Waals surface area contributed by atoms with E-state index in [0.717, 1.165) is 26.1 Å². The van der Waals surface area contributed by atoms with E-state index in [0.29, 0.717) is 49.3 Å². The fourth-order valence-corrected chi connectivity index (χ4v) is 4.59. The molecule has 6 nitrogen and oxygen atoms in total. The maximum atomic E-state index is 12.7. The topological polar surface area (TPSA) is 63.7 Å². The fraction of sp³-hybridized carbons (Fsp3) is 0.478. The van der Waals surface area contributed by atoms with Crippen molar-refractivity contribution in [2.45, 2.75) is 25.2 Å². The normalized spacial score (nSPS) is 18.8. The summed E-state index contributed by atoms with van der Waals surface area (Å²) >= 11 is 6.51. The Hall–Kier alpha value is -2.15. The lowest BCUT2D eigenvalue weighted by atomic mass is 9.72. The number of anilines is 1. The second-order valence-corrected chi connectivity index (χ2v) is 8.43.